The number of hydrogen-bond donors (Lipinski definition) is 1. The van der Waals surface area contributed by atoms with Crippen LogP contribution in [0.3, 0.4) is 0 Å². The predicted molar refractivity (Wildman–Crippen MR) is 99.6 cm³/mol. The summed E-state index contributed by atoms with van der Waals surface area (Å²) >= 11 is 0. The Balaban J connectivity index is 1.46. The van der Waals surface area contributed by atoms with Crippen LogP contribution in [0.4, 0.5) is 18.9 Å². The molecule has 8 heteroatoms. The number of allylic oxidation sites excluding steroid dienone is 2. The Kier molecular flexibility index (Phi) is 6.39. The summed E-state index contributed by atoms with van der Waals surface area (Å²) in [5.41, 5.74) is -1.10. The van der Waals surface area contributed by atoms with E-state index in [0.29, 0.717) is 38.5 Å². The lowest BCUT2D eigenvalue weighted by Crippen LogP contribution is -2.50. The first-order chi connectivity index (χ1) is 13.3. The number of alkyl halides is 3. The van der Waals surface area contributed by atoms with E-state index in [9.17, 15) is 22.8 Å². The molecule has 3 rings (SSSR count). The van der Waals surface area contributed by atoms with Crippen LogP contribution in [-0.2, 0) is 15.8 Å². The second-order valence-electron chi connectivity index (χ2n) is 7.22. The maximum atomic E-state index is 13.0. The van der Waals surface area contributed by atoms with Crippen LogP contribution in [0.2, 0.25) is 0 Å². The van der Waals surface area contributed by atoms with Crippen LogP contribution in [0.15, 0.2) is 36.4 Å². The van der Waals surface area contributed by atoms with E-state index in [1.165, 1.54) is 18.2 Å². The molecule has 2 aliphatic rings. The molecule has 152 valence electrons. The van der Waals surface area contributed by atoms with Gasteiger partial charge >= 0.3 is 6.18 Å². The molecule has 1 fully saturated rings. The van der Waals surface area contributed by atoms with Gasteiger partial charge in [-0.25, -0.2) is 0 Å². The van der Waals surface area contributed by atoms with Crippen molar-refractivity contribution in [3.05, 3.63) is 42.0 Å². The van der Waals surface area contributed by atoms with E-state index >= 15 is 0 Å². The SMILES string of the molecule is O=C(CN1CCN(C(=O)C[C@H]2C=CCC2)CC1)Nc1ccccc1C(F)(F)F. The largest absolute Gasteiger partial charge is 0.418 e. The molecular weight excluding hydrogens is 371 g/mol. The van der Waals surface area contributed by atoms with Gasteiger partial charge in [0.05, 0.1) is 17.8 Å². The molecule has 1 aromatic carbocycles. The second-order valence-corrected chi connectivity index (χ2v) is 7.22. The molecule has 0 bridgehead atoms. The molecule has 2 amide bonds. The van der Waals surface area contributed by atoms with Crippen LogP contribution in [-0.4, -0.2) is 54.3 Å². The number of carbonyl (C=O) groups is 2. The highest BCUT2D eigenvalue weighted by atomic mass is 19.4. The number of amides is 2. The molecule has 1 aliphatic heterocycles. The van der Waals surface area contributed by atoms with Gasteiger partial charge in [-0.15, -0.1) is 0 Å². The van der Waals surface area contributed by atoms with Gasteiger partial charge in [-0.2, -0.15) is 13.2 Å². The average Bonchev–Trinajstić information content (AvgIpc) is 3.14. The van der Waals surface area contributed by atoms with E-state index in [1.54, 1.807) is 4.90 Å². The first kappa shape index (κ1) is 20.4. The summed E-state index contributed by atoms with van der Waals surface area (Å²) in [6.07, 6.45) is 2.24. The number of nitrogens with zero attached hydrogens (tertiary/aromatic N) is 2. The minimum absolute atomic E-state index is 0.000412. The Bertz CT molecular complexity index is 740. The van der Waals surface area contributed by atoms with Crippen LogP contribution < -0.4 is 5.32 Å². The molecule has 0 saturated carbocycles. The number of anilines is 1. The predicted octanol–water partition coefficient (Wildman–Crippen LogP) is 3.14. The summed E-state index contributed by atoms with van der Waals surface area (Å²) in [7, 11) is 0. The second kappa shape index (κ2) is 8.77. The molecule has 28 heavy (non-hydrogen) atoms. The highest BCUT2D eigenvalue weighted by Gasteiger charge is 2.33. The van der Waals surface area contributed by atoms with E-state index < -0.39 is 17.6 Å². The van der Waals surface area contributed by atoms with Crippen molar-refractivity contribution in [2.24, 2.45) is 5.92 Å². The summed E-state index contributed by atoms with van der Waals surface area (Å²) in [5.74, 6) is -0.0441. The Morgan fingerprint density at radius 1 is 1.11 bits per heavy atom. The number of hydrogen-bond acceptors (Lipinski definition) is 3. The minimum Gasteiger partial charge on any atom is -0.340 e. The maximum Gasteiger partial charge on any atom is 0.418 e. The lowest BCUT2D eigenvalue weighted by molar-refractivity contribution is -0.137. The zero-order chi connectivity index (χ0) is 20.1. The molecule has 1 N–H and O–H groups in total. The van der Waals surface area contributed by atoms with Crippen molar-refractivity contribution in [3.63, 3.8) is 0 Å². The topological polar surface area (TPSA) is 52.7 Å². The molecule has 1 aromatic rings. The number of piperazine rings is 1. The van der Waals surface area contributed by atoms with Gasteiger partial charge in [0.2, 0.25) is 11.8 Å². The molecule has 0 aromatic heterocycles. The molecule has 1 heterocycles. The summed E-state index contributed by atoms with van der Waals surface area (Å²) < 4.78 is 39.1. The Morgan fingerprint density at radius 2 is 1.82 bits per heavy atom. The average molecular weight is 395 g/mol. The van der Waals surface area contributed by atoms with Crippen LogP contribution in [0, 0.1) is 5.92 Å². The van der Waals surface area contributed by atoms with E-state index in [4.69, 9.17) is 0 Å². The Hall–Kier alpha value is -2.35. The van der Waals surface area contributed by atoms with Crippen LogP contribution >= 0.6 is 0 Å². The maximum absolute atomic E-state index is 13.0. The van der Waals surface area contributed by atoms with Gasteiger partial charge < -0.3 is 10.2 Å². The fourth-order valence-electron chi connectivity index (χ4n) is 3.61. The number of carbonyl (C=O) groups excluding carboxylic acids is 2. The summed E-state index contributed by atoms with van der Waals surface area (Å²) in [6, 6.07) is 4.93. The van der Waals surface area contributed by atoms with Gasteiger partial charge in [0.1, 0.15) is 0 Å². The van der Waals surface area contributed by atoms with Crippen molar-refractivity contribution < 1.29 is 22.8 Å². The molecular formula is C20H24F3N3O2. The van der Waals surface area contributed by atoms with E-state index in [0.717, 1.165) is 18.9 Å². The molecule has 1 atom stereocenters. The fraction of sp³-hybridized carbons (Fsp3) is 0.500. The monoisotopic (exact) mass is 395 g/mol. The van der Waals surface area contributed by atoms with Crippen molar-refractivity contribution in [1.82, 2.24) is 9.80 Å². The van der Waals surface area contributed by atoms with Crippen LogP contribution in [0.25, 0.3) is 0 Å². The lowest BCUT2D eigenvalue weighted by atomic mass is 10.0. The van der Waals surface area contributed by atoms with Gasteiger partial charge in [-0.1, -0.05) is 24.3 Å². The number of benzene rings is 1. The van der Waals surface area contributed by atoms with Gasteiger partial charge in [-0.05, 0) is 30.9 Å². The quantitative estimate of drug-likeness (QED) is 0.780. The number of rotatable bonds is 5. The van der Waals surface area contributed by atoms with Crippen molar-refractivity contribution in [3.8, 4) is 0 Å². The van der Waals surface area contributed by atoms with E-state index in [-0.39, 0.29) is 18.1 Å². The third-order valence-electron chi connectivity index (χ3n) is 5.15. The highest BCUT2D eigenvalue weighted by Crippen LogP contribution is 2.34. The van der Waals surface area contributed by atoms with Crippen molar-refractivity contribution >= 4 is 17.5 Å². The lowest BCUT2D eigenvalue weighted by Gasteiger charge is -2.34. The first-order valence-corrected chi connectivity index (χ1v) is 9.46. The Morgan fingerprint density at radius 3 is 2.46 bits per heavy atom. The number of para-hydroxylation sites is 1. The normalized spacial score (nSPS) is 20.4. The fourth-order valence-corrected chi connectivity index (χ4v) is 3.61. The van der Waals surface area contributed by atoms with E-state index in [2.05, 4.69) is 17.5 Å². The van der Waals surface area contributed by atoms with Gasteiger partial charge in [0.15, 0.2) is 0 Å². The van der Waals surface area contributed by atoms with Crippen LogP contribution in [0.1, 0.15) is 24.8 Å². The summed E-state index contributed by atoms with van der Waals surface area (Å²) in [6.45, 7) is 2.12. The van der Waals surface area contributed by atoms with Crippen molar-refractivity contribution in [2.75, 3.05) is 38.0 Å². The standard InChI is InChI=1S/C20H24F3N3O2/c21-20(22,23)16-7-3-4-8-17(16)24-18(27)14-25-9-11-26(12-10-25)19(28)13-15-5-1-2-6-15/h1,3-5,7-8,15H,2,6,9-14H2,(H,24,27)/t15-/m0/s1. The minimum atomic E-state index is -4.52. The molecule has 0 spiro atoms. The van der Waals surface area contributed by atoms with Gasteiger partial charge in [0, 0.05) is 32.6 Å². The third-order valence-corrected chi connectivity index (χ3v) is 5.15. The molecule has 5 nitrogen and oxygen atoms in total. The zero-order valence-electron chi connectivity index (χ0n) is 15.5. The van der Waals surface area contributed by atoms with Crippen LogP contribution in [0.5, 0.6) is 0 Å². The zero-order valence-corrected chi connectivity index (χ0v) is 15.5. The number of halogens is 3. The third kappa shape index (κ3) is 5.34. The summed E-state index contributed by atoms with van der Waals surface area (Å²) in [5, 5.41) is 2.36. The highest BCUT2D eigenvalue weighted by molar-refractivity contribution is 5.93. The molecule has 0 radical (unpaired) electrons. The molecule has 0 unspecified atom stereocenters. The van der Waals surface area contributed by atoms with E-state index in [1.807, 2.05) is 4.90 Å². The van der Waals surface area contributed by atoms with Crippen molar-refractivity contribution in [1.29, 1.82) is 0 Å². The molecule has 1 saturated heterocycles. The van der Waals surface area contributed by atoms with Gasteiger partial charge in [-0.3, -0.25) is 14.5 Å². The smallest absolute Gasteiger partial charge is 0.340 e. The van der Waals surface area contributed by atoms with Gasteiger partial charge in [0.25, 0.3) is 0 Å². The Labute approximate surface area is 162 Å². The van der Waals surface area contributed by atoms with Crippen molar-refractivity contribution in [2.45, 2.75) is 25.4 Å². The first-order valence-electron chi connectivity index (χ1n) is 9.46. The summed E-state index contributed by atoms with van der Waals surface area (Å²) in [4.78, 5) is 28.2. The molecule has 1 aliphatic carbocycles. The number of nitrogens with one attached hydrogen (secondary N) is 1.